The molecular weight excluding hydrogens is 200 g/mol. The van der Waals surface area contributed by atoms with Gasteiger partial charge < -0.3 is 15.5 Å². The third-order valence-electron chi connectivity index (χ3n) is 3.11. The molecule has 0 unspecified atom stereocenters. The lowest BCUT2D eigenvalue weighted by molar-refractivity contribution is 0.313. The number of anilines is 1. The van der Waals surface area contributed by atoms with E-state index in [1.165, 1.54) is 5.69 Å². The van der Waals surface area contributed by atoms with Crippen LogP contribution >= 0.6 is 0 Å². The summed E-state index contributed by atoms with van der Waals surface area (Å²) in [5, 5.41) is 0. The van der Waals surface area contributed by atoms with Crippen molar-refractivity contribution in [2.45, 2.75) is 13.0 Å². The Bertz CT molecular complexity index is 325. The smallest absolute Gasteiger partial charge is 0.0569 e. The molecule has 16 heavy (non-hydrogen) atoms. The van der Waals surface area contributed by atoms with Crippen LogP contribution in [0.5, 0.6) is 0 Å². The first-order valence-corrected chi connectivity index (χ1v) is 5.82. The van der Waals surface area contributed by atoms with Crippen molar-refractivity contribution in [1.82, 2.24) is 9.88 Å². The van der Waals surface area contributed by atoms with Crippen molar-refractivity contribution in [1.29, 1.82) is 0 Å². The molecule has 2 heterocycles. The standard InChI is InChI=1S/C12H20N4/c1-10(13)12-4-3-11(9-14-12)16-7-5-15(2)6-8-16/h3-4,9-10H,5-8,13H2,1-2H3/t10-/m1/s1. The van der Waals surface area contributed by atoms with Crippen molar-refractivity contribution >= 4 is 5.69 Å². The number of nitrogens with zero attached hydrogens (tertiary/aromatic N) is 3. The molecule has 2 N–H and O–H groups in total. The van der Waals surface area contributed by atoms with Crippen molar-refractivity contribution in [2.24, 2.45) is 5.73 Å². The molecule has 1 aliphatic rings. The van der Waals surface area contributed by atoms with E-state index in [4.69, 9.17) is 5.73 Å². The molecule has 4 heteroatoms. The largest absolute Gasteiger partial charge is 0.368 e. The summed E-state index contributed by atoms with van der Waals surface area (Å²) in [7, 11) is 2.16. The van der Waals surface area contributed by atoms with E-state index in [9.17, 15) is 0 Å². The Morgan fingerprint density at radius 2 is 1.94 bits per heavy atom. The molecule has 1 fully saturated rings. The third kappa shape index (κ3) is 2.51. The number of likely N-dealkylation sites (N-methyl/N-ethyl adjacent to an activating group) is 1. The molecule has 1 atom stereocenters. The van der Waals surface area contributed by atoms with Gasteiger partial charge in [0.05, 0.1) is 17.6 Å². The van der Waals surface area contributed by atoms with Crippen molar-refractivity contribution in [3.8, 4) is 0 Å². The molecule has 0 aromatic carbocycles. The Morgan fingerprint density at radius 3 is 2.44 bits per heavy atom. The Morgan fingerprint density at radius 1 is 1.25 bits per heavy atom. The first-order valence-electron chi connectivity index (χ1n) is 5.82. The van der Waals surface area contributed by atoms with Crippen molar-refractivity contribution in [3.63, 3.8) is 0 Å². The third-order valence-corrected chi connectivity index (χ3v) is 3.11. The van der Waals surface area contributed by atoms with E-state index in [-0.39, 0.29) is 6.04 Å². The lowest BCUT2D eigenvalue weighted by Gasteiger charge is -2.33. The molecule has 88 valence electrons. The summed E-state index contributed by atoms with van der Waals surface area (Å²) >= 11 is 0. The minimum Gasteiger partial charge on any atom is -0.368 e. The normalized spacial score (nSPS) is 19.8. The zero-order valence-corrected chi connectivity index (χ0v) is 10.1. The molecule has 1 aliphatic heterocycles. The van der Waals surface area contributed by atoms with Gasteiger partial charge in [0, 0.05) is 32.2 Å². The first-order chi connectivity index (χ1) is 7.66. The summed E-state index contributed by atoms with van der Waals surface area (Å²) in [5.74, 6) is 0. The number of rotatable bonds is 2. The molecule has 0 aliphatic carbocycles. The van der Waals surface area contributed by atoms with Gasteiger partial charge in [-0.05, 0) is 26.1 Å². The Kier molecular flexibility index (Phi) is 3.41. The topological polar surface area (TPSA) is 45.4 Å². The van der Waals surface area contributed by atoms with Crippen LogP contribution in [-0.2, 0) is 0 Å². The summed E-state index contributed by atoms with van der Waals surface area (Å²) in [5.41, 5.74) is 7.94. The number of piperazine rings is 1. The second-order valence-corrected chi connectivity index (χ2v) is 4.52. The fourth-order valence-corrected chi connectivity index (χ4v) is 1.92. The quantitative estimate of drug-likeness (QED) is 0.802. The predicted molar refractivity (Wildman–Crippen MR) is 66.5 cm³/mol. The first kappa shape index (κ1) is 11.4. The average Bonchev–Trinajstić information content (AvgIpc) is 2.30. The molecule has 0 saturated carbocycles. The lowest BCUT2D eigenvalue weighted by atomic mass is 10.2. The lowest BCUT2D eigenvalue weighted by Crippen LogP contribution is -2.44. The molecule has 0 spiro atoms. The van der Waals surface area contributed by atoms with E-state index in [1.54, 1.807) is 0 Å². The number of hydrogen-bond donors (Lipinski definition) is 1. The Hall–Kier alpha value is -1.13. The molecule has 1 saturated heterocycles. The Balaban J connectivity index is 2.04. The maximum absolute atomic E-state index is 5.78. The van der Waals surface area contributed by atoms with Crippen molar-refractivity contribution in [2.75, 3.05) is 38.1 Å². The predicted octanol–water partition coefficient (Wildman–Crippen LogP) is 0.853. The van der Waals surface area contributed by atoms with E-state index in [0.29, 0.717) is 0 Å². The molecule has 0 radical (unpaired) electrons. The van der Waals surface area contributed by atoms with Crippen LogP contribution in [-0.4, -0.2) is 43.1 Å². The van der Waals surface area contributed by atoms with Crippen LogP contribution in [0.15, 0.2) is 18.3 Å². The number of nitrogens with two attached hydrogens (primary N) is 1. The van der Waals surface area contributed by atoms with Gasteiger partial charge in [0.1, 0.15) is 0 Å². The minimum absolute atomic E-state index is 0.0153. The summed E-state index contributed by atoms with van der Waals surface area (Å²) in [6.45, 7) is 6.35. The molecule has 1 aromatic heterocycles. The second-order valence-electron chi connectivity index (χ2n) is 4.52. The van der Waals surface area contributed by atoms with Crippen LogP contribution in [0.4, 0.5) is 5.69 Å². The maximum atomic E-state index is 5.78. The Labute approximate surface area is 97.1 Å². The van der Waals surface area contributed by atoms with Crippen LogP contribution in [0.2, 0.25) is 0 Å². The number of pyridine rings is 1. The molecule has 0 bridgehead atoms. The van der Waals surface area contributed by atoms with E-state index in [0.717, 1.165) is 31.9 Å². The van der Waals surface area contributed by atoms with Gasteiger partial charge in [0.2, 0.25) is 0 Å². The van der Waals surface area contributed by atoms with Gasteiger partial charge in [-0.25, -0.2) is 0 Å². The van der Waals surface area contributed by atoms with E-state index in [2.05, 4.69) is 27.9 Å². The molecule has 2 rings (SSSR count). The van der Waals surface area contributed by atoms with Crippen LogP contribution in [0.1, 0.15) is 18.7 Å². The zero-order valence-electron chi connectivity index (χ0n) is 10.1. The van der Waals surface area contributed by atoms with Gasteiger partial charge in [-0.2, -0.15) is 0 Å². The summed E-state index contributed by atoms with van der Waals surface area (Å²) in [6.07, 6.45) is 1.93. The summed E-state index contributed by atoms with van der Waals surface area (Å²) in [4.78, 5) is 9.11. The van der Waals surface area contributed by atoms with Gasteiger partial charge >= 0.3 is 0 Å². The van der Waals surface area contributed by atoms with Crippen LogP contribution in [0, 0.1) is 0 Å². The highest BCUT2D eigenvalue weighted by atomic mass is 15.2. The van der Waals surface area contributed by atoms with E-state index in [1.807, 2.05) is 19.2 Å². The van der Waals surface area contributed by atoms with E-state index < -0.39 is 0 Å². The van der Waals surface area contributed by atoms with Crippen LogP contribution < -0.4 is 10.6 Å². The fourth-order valence-electron chi connectivity index (χ4n) is 1.92. The summed E-state index contributed by atoms with van der Waals surface area (Å²) in [6, 6.07) is 4.16. The molecule has 4 nitrogen and oxygen atoms in total. The molecular formula is C12H20N4. The highest BCUT2D eigenvalue weighted by molar-refractivity contribution is 5.45. The van der Waals surface area contributed by atoms with Crippen molar-refractivity contribution < 1.29 is 0 Å². The highest BCUT2D eigenvalue weighted by Gasteiger charge is 2.14. The van der Waals surface area contributed by atoms with Gasteiger partial charge in [0.15, 0.2) is 0 Å². The second kappa shape index (κ2) is 4.80. The average molecular weight is 220 g/mol. The zero-order chi connectivity index (χ0) is 11.5. The van der Waals surface area contributed by atoms with E-state index >= 15 is 0 Å². The maximum Gasteiger partial charge on any atom is 0.0569 e. The highest BCUT2D eigenvalue weighted by Crippen LogP contribution is 2.16. The van der Waals surface area contributed by atoms with Crippen LogP contribution in [0.3, 0.4) is 0 Å². The number of hydrogen-bond acceptors (Lipinski definition) is 4. The number of aromatic nitrogens is 1. The van der Waals surface area contributed by atoms with Gasteiger partial charge in [-0.3, -0.25) is 4.98 Å². The van der Waals surface area contributed by atoms with Gasteiger partial charge in [-0.1, -0.05) is 0 Å². The van der Waals surface area contributed by atoms with Gasteiger partial charge in [0.25, 0.3) is 0 Å². The fraction of sp³-hybridized carbons (Fsp3) is 0.583. The van der Waals surface area contributed by atoms with Crippen molar-refractivity contribution in [3.05, 3.63) is 24.0 Å². The SMILES string of the molecule is C[C@@H](N)c1ccc(N2CCN(C)CC2)cn1. The van der Waals surface area contributed by atoms with Crippen LogP contribution in [0.25, 0.3) is 0 Å². The molecule has 1 aromatic rings. The monoisotopic (exact) mass is 220 g/mol. The molecule has 0 amide bonds. The van der Waals surface area contributed by atoms with Gasteiger partial charge in [-0.15, -0.1) is 0 Å². The summed E-state index contributed by atoms with van der Waals surface area (Å²) < 4.78 is 0. The minimum atomic E-state index is 0.0153.